The van der Waals surface area contributed by atoms with Crippen LogP contribution in [0.25, 0.3) is 0 Å². The van der Waals surface area contributed by atoms with Crippen LogP contribution in [0.3, 0.4) is 0 Å². The fourth-order valence-electron chi connectivity index (χ4n) is 2.15. The number of anilines is 1. The summed E-state index contributed by atoms with van der Waals surface area (Å²) in [5, 5.41) is 6.83. The van der Waals surface area contributed by atoms with Crippen molar-refractivity contribution >= 4 is 23.4 Å². The van der Waals surface area contributed by atoms with Crippen molar-refractivity contribution in [1.82, 2.24) is 14.9 Å². The molecule has 1 aliphatic heterocycles. The summed E-state index contributed by atoms with van der Waals surface area (Å²) in [5.74, 6) is -0.00311. The van der Waals surface area contributed by atoms with Gasteiger partial charge >= 0.3 is 0 Å². The quantitative estimate of drug-likeness (QED) is 0.896. The van der Waals surface area contributed by atoms with Crippen LogP contribution in [0.5, 0.6) is 0 Å². The first kappa shape index (κ1) is 12.3. The Morgan fingerprint density at radius 2 is 2.32 bits per heavy atom. The van der Waals surface area contributed by atoms with Crippen LogP contribution < -0.4 is 10.6 Å². The van der Waals surface area contributed by atoms with Crippen molar-refractivity contribution in [3.05, 3.63) is 36.2 Å². The molecule has 3 rings (SSSR count). The second kappa shape index (κ2) is 4.71. The molecule has 19 heavy (non-hydrogen) atoms. The average molecular weight is 274 g/mol. The van der Waals surface area contributed by atoms with Gasteiger partial charge in [-0.15, -0.1) is 0 Å². The van der Waals surface area contributed by atoms with Crippen LogP contribution in [0.1, 0.15) is 11.6 Å². The van der Waals surface area contributed by atoms with Crippen molar-refractivity contribution in [3.63, 3.8) is 0 Å². The lowest BCUT2D eigenvalue weighted by Crippen LogP contribution is -2.23. The first-order chi connectivity index (χ1) is 9.19. The topological polar surface area (TPSA) is 59.0 Å². The summed E-state index contributed by atoms with van der Waals surface area (Å²) < 4.78 is 1.97. The summed E-state index contributed by atoms with van der Waals surface area (Å²) >= 11 is 1.58. The summed E-state index contributed by atoms with van der Waals surface area (Å²) in [6.07, 6.45) is 3.68. The lowest BCUT2D eigenvalue weighted by molar-refractivity contribution is -0.117. The van der Waals surface area contributed by atoms with Gasteiger partial charge in [0.1, 0.15) is 6.04 Å². The summed E-state index contributed by atoms with van der Waals surface area (Å²) in [5.41, 5.74) is 1.88. The lowest BCUT2D eigenvalue weighted by atomic mass is 10.1. The molecule has 2 heterocycles. The number of fused-ring (bicyclic) bond motifs is 1. The predicted molar refractivity (Wildman–Crippen MR) is 74.2 cm³/mol. The van der Waals surface area contributed by atoms with E-state index in [0.717, 1.165) is 21.3 Å². The Hall–Kier alpha value is -1.79. The fourth-order valence-corrected chi connectivity index (χ4v) is 2.99. The normalized spacial score (nSPS) is 17.4. The van der Waals surface area contributed by atoms with Gasteiger partial charge in [0, 0.05) is 35.6 Å². The van der Waals surface area contributed by atoms with E-state index in [1.54, 1.807) is 25.0 Å². The molecule has 2 aromatic rings. The van der Waals surface area contributed by atoms with Gasteiger partial charge in [0.15, 0.2) is 5.16 Å². The number of nitrogens with zero attached hydrogens (tertiary/aromatic N) is 2. The van der Waals surface area contributed by atoms with E-state index in [-0.39, 0.29) is 11.9 Å². The molecule has 0 saturated heterocycles. The van der Waals surface area contributed by atoms with E-state index in [4.69, 9.17) is 0 Å². The highest BCUT2D eigenvalue weighted by molar-refractivity contribution is 7.99. The van der Waals surface area contributed by atoms with E-state index < -0.39 is 0 Å². The van der Waals surface area contributed by atoms with Crippen LogP contribution in [-0.2, 0) is 11.8 Å². The van der Waals surface area contributed by atoms with Gasteiger partial charge in [0.05, 0.1) is 0 Å². The fraction of sp³-hybridized carbons (Fsp3) is 0.231. The Labute approximate surface area is 115 Å². The number of hydrogen-bond donors (Lipinski definition) is 2. The maximum atomic E-state index is 11.7. The van der Waals surface area contributed by atoms with Gasteiger partial charge in [0.25, 0.3) is 0 Å². The monoisotopic (exact) mass is 274 g/mol. The number of amides is 1. The summed E-state index contributed by atoms with van der Waals surface area (Å²) in [4.78, 5) is 17.1. The average Bonchev–Trinajstić information content (AvgIpc) is 2.92. The van der Waals surface area contributed by atoms with E-state index in [1.807, 2.05) is 36.0 Å². The van der Waals surface area contributed by atoms with Crippen molar-refractivity contribution in [2.45, 2.75) is 16.1 Å². The maximum absolute atomic E-state index is 11.7. The molecule has 0 bridgehead atoms. The molecule has 5 nitrogen and oxygen atoms in total. The number of nitrogens with one attached hydrogen (secondary N) is 2. The number of aryl methyl sites for hydroxylation is 1. The predicted octanol–water partition coefficient (Wildman–Crippen LogP) is 1.78. The molecular formula is C13H14N4OS. The van der Waals surface area contributed by atoms with Crippen LogP contribution >= 0.6 is 11.8 Å². The highest BCUT2D eigenvalue weighted by atomic mass is 32.2. The van der Waals surface area contributed by atoms with Crippen LogP contribution in [0.15, 0.2) is 40.6 Å². The number of benzene rings is 1. The highest BCUT2D eigenvalue weighted by Gasteiger charge is 2.29. The molecule has 1 aromatic heterocycles. The molecule has 0 radical (unpaired) electrons. The second-order valence-corrected chi connectivity index (χ2v) is 5.42. The van der Waals surface area contributed by atoms with Gasteiger partial charge in [-0.3, -0.25) is 4.79 Å². The minimum atomic E-state index is -0.248. The third-order valence-electron chi connectivity index (χ3n) is 3.13. The highest BCUT2D eigenvalue weighted by Crippen LogP contribution is 2.35. The molecular weight excluding hydrogens is 260 g/mol. The number of likely N-dealkylation sites (N-methyl/N-ethyl adjacent to an activating group) is 1. The molecule has 2 N–H and O–H groups in total. The Bertz CT molecular complexity index is 637. The largest absolute Gasteiger partial charge is 0.329 e. The molecule has 1 aliphatic rings. The number of carbonyl (C=O) groups excluding carboxylic acids is 1. The molecule has 0 aliphatic carbocycles. The number of imidazole rings is 1. The smallest absolute Gasteiger partial charge is 0.246 e. The van der Waals surface area contributed by atoms with Gasteiger partial charge in [-0.25, -0.2) is 4.98 Å². The van der Waals surface area contributed by atoms with Gasteiger partial charge in [-0.05, 0) is 19.2 Å². The van der Waals surface area contributed by atoms with E-state index >= 15 is 0 Å². The number of hydrogen-bond acceptors (Lipinski definition) is 4. The molecule has 0 spiro atoms. The summed E-state index contributed by atoms with van der Waals surface area (Å²) in [6, 6.07) is 5.74. The first-order valence-electron chi connectivity index (χ1n) is 5.96. The third-order valence-corrected chi connectivity index (χ3v) is 4.20. The lowest BCUT2D eigenvalue weighted by Gasteiger charge is -2.07. The second-order valence-electron chi connectivity index (χ2n) is 4.38. The molecule has 1 atom stereocenters. The van der Waals surface area contributed by atoms with Crippen LogP contribution in [-0.4, -0.2) is 22.5 Å². The van der Waals surface area contributed by atoms with E-state index in [0.29, 0.717) is 0 Å². The zero-order valence-corrected chi connectivity index (χ0v) is 11.5. The Morgan fingerprint density at radius 3 is 3.00 bits per heavy atom. The number of rotatable bonds is 3. The summed E-state index contributed by atoms with van der Waals surface area (Å²) in [7, 11) is 3.75. The molecule has 1 aromatic carbocycles. The van der Waals surface area contributed by atoms with Crippen LogP contribution in [0.4, 0.5) is 5.69 Å². The zero-order chi connectivity index (χ0) is 13.4. The number of carbonyl (C=O) groups is 1. The van der Waals surface area contributed by atoms with Gasteiger partial charge in [-0.2, -0.15) is 0 Å². The van der Waals surface area contributed by atoms with Crippen LogP contribution in [0, 0.1) is 0 Å². The Balaban J connectivity index is 1.89. The van der Waals surface area contributed by atoms with Gasteiger partial charge in [-0.1, -0.05) is 17.8 Å². The standard InChI is InChI=1S/C13H14N4OS/c1-14-11-9-4-3-8(7-10(9)16-12(11)18)19-13-15-5-6-17(13)2/h3-7,11,14H,1-2H3,(H,16,18). The Morgan fingerprint density at radius 1 is 1.47 bits per heavy atom. The van der Waals surface area contributed by atoms with Crippen molar-refractivity contribution in [3.8, 4) is 0 Å². The van der Waals surface area contributed by atoms with Gasteiger partial charge < -0.3 is 15.2 Å². The Kier molecular flexibility index (Phi) is 3.04. The first-order valence-corrected chi connectivity index (χ1v) is 6.78. The molecule has 0 saturated carbocycles. The zero-order valence-electron chi connectivity index (χ0n) is 10.7. The minimum absolute atomic E-state index is 0.00311. The molecule has 98 valence electrons. The third kappa shape index (κ3) is 2.13. The van der Waals surface area contributed by atoms with Crippen LogP contribution in [0.2, 0.25) is 0 Å². The maximum Gasteiger partial charge on any atom is 0.246 e. The number of aromatic nitrogens is 2. The molecule has 0 fully saturated rings. The van der Waals surface area contributed by atoms with Crippen molar-refractivity contribution in [2.75, 3.05) is 12.4 Å². The van der Waals surface area contributed by atoms with Gasteiger partial charge in [0.2, 0.25) is 5.91 Å². The minimum Gasteiger partial charge on any atom is -0.329 e. The van der Waals surface area contributed by atoms with Crippen molar-refractivity contribution in [1.29, 1.82) is 0 Å². The summed E-state index contributed by atoms with van der Waals surface area (Å²) in [6.45, 7) is 0. The van der Waals surface area contributed by atoms with E-state index in [1.165, 1.54) is 0 Å². The van der Waals surface area contributed by atoms with Crippen molar-refractivity contribution < 1.29 is 4.79 Å². The van der Waals surface area contributed by atoms with E-state index in [2.05, 4.69) is 15.6 Å². The molecule has 1 unspecified atom stereocenters. The molecule has 1 amide bonds. The van der Waals surface area contributed by atoms with Crippen molar-refractivity contribution in [2.24, 2.45) is 7.05 Å². The van der Waals surface area contributed by atoms with E-state index in [9.17, 15) is 4.79 Å². The molecule has 6 heteroatoms. The SMILES string of the molecule is CNC1C(=O)Nc2cc(Sc3nccn3C)ccc21.